The molecule has 0 aliphatic heterocycles. The van der Waals surface area contributed by atoms with Gasteiger partial charge in [-0.1, -0.05) is 24.3 Å². The van der Waals surface area contributed by atoms with E-state index in [1.165, 1.54) is 0 Å². The summed E-state index contributed by atoms with van der Waals surface area (Å²) in [5.74, 6) is 0.779. The van der Waals surface area contributed by atoms with Gasteiger partial charge in [0.05, 0.1) is 19.6 Å². The van der Waals surface area contributed by atoms with Gasteiger partial charge in [-0.25, -0.2) is 0 Å². The van der Waals surface area contributed by atoms with Gasteiger partial charge in [0.1, 0.15) is 5.75 Å². The molecule has 2 aromatic rings. The lowest BCUT2D eigenvalue weighted by atomic mass is 10.1. The molecule has 0 saturated heterocycles. The van der Waals surface area contributed by atoms with Gasteiger partial charge in [0.15, 0.2) is 0 Å². The highest BCUT2D eigenvalue weighted by atomic mass is 16.5. The number of anilines is 1. The van der Waals surface area contributed by atoms with E-state index in [-0.39, 0.29) is 11.9 Å². The highest BCUT2D eigenvalue weighted by Gasteiger charge is 2.10. The number of rotatable bonds is 5. The number of hydrogen-bond acceptors (Lipinski definition) is 3. The molecule has 21 heavy (non-hydrogen) atoms. The van der Waals surface area contributed by atoms with Gasteiger partial charge in [-0.2, -0.15) is 0 Å². The molecule has 0 radical (unpaired) electrons. The van der Waals surface area contributed by atoms with Crippen molar-refractivity contribution in [3.8, 4) is 5.75 Å². The summed E-state index contributed by atoms with van der Waals surface area (Å²) in [6.07, 6.45) is 0.325. The van der Waals surface area contributed by atoms with Crippen LogP contribution < -0.4 is 15.8 Å². The van der Waals surface area contributed by atoms with Crippen molar-refractivity contribution in [1.82, 2.24) is 5.32 Å². The van der Waals surface area contributed by atoms with Crippen molar-refractivity contribution >= 4 is 11.6 Å². The van der Waals surface area contributed by atoms with Gasteiger partial charge in [-0.05, 0) is 42.3 Å². The maximum absolute atomic E-state index is 12.1. The molecule has 2 rings (SSSR count). The van der Waals surface area contributed by atoms with Crippen LogP contribution in [0.1, 0.15) is 24.1 Å². The maximum atomic E-state index is 12.1. The topological polar surface area (TPSA) is 64.3 Å². The molecule has 1 amide bonds. The average Bonchev–Trinajstić information content (AvgIpc) is 2.47. The van der Waals surface area contributed by atoms with Crippen LogP contribution in [0.3, 0.4) is 0 Å². The molecule has 0 saturated carbocycles. The number of nitrogen functional groups attached to an aromatic ring is 1. The van der Waals surface area contributed by atoms with Crippen molar-refractivity contribution in [2.75, 3.05) is 12.8 Å². The fourth-order valence-corrected chi connectivity index (χ4v) is 2.16. The maximum Gasteiger partial charge on any atom is 0.224 e. The number of nitrogens with one attached hydrogen (secondary N) is 1. The molecule has 0 fully saturated rings. The van der Waals surface area contributed by atoms with E-state index in [1.807, 2.05) is 49.4 Å². The number of hydrogen-bond donors (Lipinski definition) is 2. The van der Waals surface area contributed by atoms with E-state index in [0.29, 0.717) is 12.1 Å². The van der Waals surface area contributed by atoms with Gasteiger partial charge >= 0.3 is 0 Å². The average molecular weight is 284 g/mol. The second-order valence-corrected chi connectivity index (χ2v) is 4.98. The third-order valence-corrected chi connectivity index (χ3v) is 3.31. The van der Waals surface area contributed by atoms with E-state index in [4.69, 9.17) is 10.5 Å². The highest BCUT2D eigenvalue weighted by Crippen LogP contribution is 2.17. The quantitative estimate of drug-likeness (QED) is 0.830. The molecule has 0 bridgehead atoms. The minimum Gasteiger partial charge on any atom is -0.497 e. The standard InChI is InChI=1S/C17H20N2O2/c1-12(14-6-8-16(21-2)9-7-14)19-17(20)11-13-4-3-5-15(18)10-13/h3-10,12H,11,18H2,1-2H3,(H,19,20)/t12-/m1/s1. The predicted octanol–water partition coefficient (Wildman–Crippen LogP) is 2.70. The lowest BCUT2D eigenvalue weighted by Gasteiger charge is -2.15. The molecular weight excluding hydrogens is 264 g/mol. The minimum absolute atomic E-state index is 0.0241. The summed E-state index contributed by atoms with van der Waals surface area (Å²) in [6, 6.07) is 15.0. The van der Waals surface area contributed by atoms with Crippen LogP contribution >= 0.6 is 0 Å². The fourth-order valence-electron chi connectivity index (χ4n) is 2.16. The van der Waals surface area contributed by atoms with Crippen molar-refractivity contribution in [2.45, 2.75) is 19.4 Å². The smallest absolute Gasteiger partial charge is 0.224 e. The summed E-state index contributed by atoms with van der Waals surface area (Å²) in [4.78, 5) is 12.1. The summed E-state index contributed by atoms with van der Waals surface area (Å²) in [6.45, 7) is 1.96. The number of benzene rings is 2. The molecule has 4 nitrogen and oxygen atoms in total. The molecule has 0 aliphatic carbocycles. The van der Waals surface area contributed by atoms with E-state index >= 15 is 0 Å². The van der Waals surface area contributed by atoms with Crippen LogP contribution in [0.4, 0.5) is 5.69 Å². The molecule has 0 aliphatic rings. The summed E-state index contributed by atoms with van der Waals surface area (Å²) in [7, 11) is 1.63. The highest BCUT2D eigenvalue weighted by molar-refractivity contribution is 5.79. The lowest BCUT2D eigenvalue weighted by Crippen LogP contribution is -2.28. The zero-order chi connectivity index (χ0) is 15.2. The molecule has 0 unspecified atom stereocenters. The van der Waals surface area contributed by atoms with Crippen molar-refractivity contribution in [3.05, 3.63) is 59.7 Å². The number of carbonyl (C=O) groups excluding carboxylic acids is 1. The van der Waals surface area contributed by atoms with Crippen LogP contribution in [0.25, 0.3) is 0 Å². The van der Waals surface area contributed by atoms with E-state index in [9.17, 15) is 4.79 Å². The van der Waals surface area contributed by atoms with Gasteiger partial charge in [-0.15, -0.1) is 0 Å². The van der Waals surface area contributed by atoms with Gasteiger partial charge in [0.2, 0.25) is 5.91 Å². The van der Waals surface area contributed by atoms with Crippen LogP contribution in [0.2, 0.25) is 0 Å². The Hall–Kier alpha value is -2.49. The zero-order valence-corrected chi connectivity index (χ0v) is 12.3. The van der Waals surface area contributed by atoms with Crippen molar-refractivity contribution < 1.29 is 9.53 Å². The third-order valence-electron chi connectivity index (χ3n) is 3.31. The molecule has 0 spiro atoms. The largest absolute Gasteiger partial charge is 0.497 e. The Morgan fingerprint density at radius 3 is 2.57 bits per heavy atom. The first-order valence-electron chi connectivity index (χ1n) is 6.86. The number of amides is 1. The summed E-state index contributed by atoms with van der Waals surface area (Å²) < 4.78 is 5.12. The Balaban J connectivity index is 1.95. The van der Waals surface area contributed by atoms with E-state index < -0.39 is 0 Å². The molecule has 2 aromatic carbocycles. The van der Waals surface area contributed by atoms with Gasteiger partial charge in [0, 0.05) is 5.69 Å². The normalized spacial score (nSPS) is 11.7. The van der Waals surface area contributed by atoms with Gasteiger partial charge in [0.25, 0.3) is 0 Å². The molecule has 0 heterocycles. The Morgan fingerprint density at radius 1 is 1.24 bits per heavy atom. The molecule has 3 N–H and O–H groups in total. The molecule has 1 atom stereocenters. The van der Waals surface area contributed by atoms with Crippen LogP contribution in [0, 0.1) is 0 Å². The number of ether oxygens (including phenoxy) is 1. The van der Waals surface area contributed by atoms with Crippen molar-refractivity contribution in [1.29, 1.82) is 0 Å². The first kappa shape index (κ1) is 14.9. The van der Waals surface area contributed by atoms with Crippen molar-refractivity contribution in [2.24, 2.45) is 0 Å². The van der Waals surface area contributed by atoms with Crippen LogP contribution in [-0.2, 0) is 11.2 Å². The van der Waals surface area contributed by atoms with Gasteiger partial charge < -0.3 is 15.8 Å². The fraction of sp³-hybridized carbons (Fsp3) is 0.235. The van der Waals surface area contributed by atoms with Crippen LogP contribution in [0.15, 0.2) is 48.5 Å². The molecule has 4 heteroatoms. The first-order chi connectivity index (χ1) is 10.1. The Kier molecular flexibility index (Phi) is 4.82. The second kappa shape index (κ2) is 6.79. The number of carbonyl (C=O) groups is 1. The Labute approximate surface area is 124 Å². The Morgan fingerprint density at radius 2 is 1.95 bits per heavy atom. The first-order valence-corrected chi connectivity index (χ1v) is 6.86. The molecule has 110 valence electrons. The summed E-state index contributed by atoms with van der Waals surface area (Å²) in [5, 5.41) is 2.98. The zero-order valence-electron chi connectivity index (χ0n) is 12.3. The molecular formula is C17H20N2O2. The van der Waals surface area contributed by atoms with E-state index in [1.54, 1.807) is 13.2 Å². The number of methoxy groups -OCH3 is 1. The minimum atomic E-state index is -0.0514. The van der Waals surface area contributed by atoms with Gasteiger partial charge in [-0.3, -0.25) is 4.79 Å². The SMILES string of the molecule is COc1ccc([C@@H](C)NC(=O)Cc2cccc(N)c2)cc1. The van der Waals surface area contributed by atoms with Crippen molar-refractivity contribution in [3.63, 3.8) is 0 Å². The second-order valence-electron chi connectivity index (χ2n) is 4.98. The summed E-state index contributed by atoms with van der Waals surface area (Å²) >= 11 is 0. The lowest BCUT2D eigenvalue weighted by molar-refractivity contribution is -0.121. The Bertz CT molecular complexity index is 608. The van der Waals surface area contributed by atoms with Crippen LogP contribution in [-0.4, -0.2) is 13.0 Å². The van der Waals surface area contributed by atoms with E-state index in [0.717, 1.165) is 16.9 Å². The van der Waals surface area contributed by atoms with Crippen LogP contribution in [0.5, 0.6) is 5.75 Å². The summed E-state index contributed by atoms with van der Waals surface area (Å²) in [5.41, 5.74) is 8.33. The monoisotopic (exact) mass is 284 g/mol. The predicted molar refractivity (Wildman–Crippen MR) is 84.1 cm³/mol. The van der Waals surface area contributed by atoms with E-state index in [2.05, 4.69) is 5.32 Å². The molecule has 0 aromatic heterocycles. The third kappa shape index (κ3) is 4.24. The number of nitrogens with two attached hydrogens (primary N) is 1.